The zero-order valence-electron chi connectivity index (χ0n) is 13.9. The van der Waals surface area contributed by atoms with E-state index in [1.54, 1.807) is 0 Å². The van der Waals surface area contributed by atoms with Crippen LogP contribution in [0.15, 0.2) is 0 Å². The molecule has 0 aliphatic heterocycles. The second-order valence-electron chi connectivity index (χ2n) is 7.31. The van der Waals surface area contributed by atoms with Crippen LogP contribution in [-0.2, 0) is 9.53 Å². The molecule has 3 nitrogen and oxygen atoms in total. The number of rotatable bonds is 4. The molecule has 1 fully saturated rings. The lowest BCUT2D eigenvalue weighted by Gasteiger charge is -2.34. The number of esters is 1. The summed E-state index contributed by atoms with van der Waals surface area (Å²) in [6.45, 7) is 11.0. The third-order valence-corrected chi connectivity index (χ3v) is 4.94. The van der Waals surface area contributed by atoms with Crippen molar-refractivity contribution in [3.05, 3.63) is 0 Å². The quantitative estimate of drug-likeness (QED) is 0.628. The van der Waals surface area contributed by atoms with Crippen molar-refractivity contribution in [3.8, 4) is 0 Å². The molecule has 20 heavy (non-hydrogen) atoms. The molecule has 0 aromatic heterocycles. The van der Waals surface area contributed by atoms with Gasteiger partial charge in [-0.1, -0.05) is 34.1 Å². The third kappa shape index (κ3) is 4.21. The molecule has 1 N–H and O–H groups in total. The predicted molar refractivity (Wildman–Crippen MR) is 81.4 cm³/mol. The molecule has 0 spiro atoms. The average molecular weight is 284 g/mol. The van der Waals surface area contributed by atoms with Crippen molar-refractivity contribution in [3.63, 3.8) is 0 Å². The van der Waals surface area contributed by atoms with Crippen LogP contribution >= 0.6 is 0 Å². The molecule has 0 aromatic rings. The van der Waals surface area contributed by atoms with Gasteiger partial charge >= 0.3 is 5.97 Å². The first-order chi connectivity index (χ1) is 9.24. The summed E-state index contributed by atoms with van der Waals surface area (Å²) in [6.07, 6.45) is 5.22. The first kappa shape index (κ1) is 17.5. The van der Waals surface area contributed by atoms with Gasteiger partial charge in [0.15, 0.2) is 0 Å². The Morgan fingerprint density at radius 2 is 1.95 bits per heavy atom. The molecular formula is C17H32O3. The molecule has 3 unspecified atom stereocenters. The van der Waals surface area contributed by atoms with E-state index in [1.807, 2.05) is 13.8 Å². The number of aliphatic hydroxyl groups is 1. The number of ether oxygens (including phenoxy) is 1. The Hall–Kier alpha value is -0.570. The van der Waals surface area contributed by atoms with Crippen molar-refractivity contribution >= 4 is 5.97 Å². The summed E-state index contributed by atoms with van der Waals surface area (Å²) in [6, 6.07) is 0. The fourth-order valence-corrected chi connectivity index (χ4v) is 3.57. The van der Waals surface area contributed by atoms with E-state index >= 15 is 0 Å². The minimum atomic E-state index is -0.874. The molecule has 1 aliphatic rings. The van der Waals surface area contributed by atoms with E-state index < -0.39 is 5.60 Å². The molecule has 0 radical (unpaired) electrons. The van der Waals surface area contributed by atoms with E-state index in [2.05, 4.69) is 20.8 Å². The van der Waals surface area contributed by atoms with Crippen molar-refractivity contribution < 1.29 is 14.6 Å². The molecule has 0 bridgehead atoms. The lowest BCUT2D eigenvalue weighted by Crippen LogP contribution is -2.42. The van der Waals surface area contributed by atoms with Crippen LogP contribution < -0.4 is 0 Å². The van der Waals surface area contributed by atoms with Gasteiger partial charge in [0.05, 0.1) is 18.1 Å². The lowest BCUT2D eigenvalue weighted by atomic mass is 9.75. The topological polar surface area (TPSA) is 46.5 Å². The minimum absolute atomic E-state index is 0.230. The lowest BCUT2D eigenvalue weighted by molar-refractivity contribution is -0.160. The van der Waals surface area contributed by atoms with Crippen LogP contribution in [0.1, 0.15) is 73.1 Å². The van der Waals surface area contributed by atoms with Gasteiger partial charge in [-0.05, 0) is 50.4 Å². The maximum absolute atomic E-state index is 12.1. The van der Waals surface area contributed by atoms with E-state index in [4.69, 9.17) is 4.74 Å². The second kappa shape index (κ2) is 6.93. The molecule has 1 saturated carbocycles. The zero-order chi connectivity index (χ0) is 15.4. The SMILES string of the molecule is CCOC(=O)C(CC)C1(O)CCCC(C(C)(C)C)CC1. The van der Waals surface area contributed by atoms with Gasteiger partial charge in [0.25, 0.3) is 0 Å². The monoisotopic (exact) mass is 284 g/mol. The smallest absolute Gasteiger partial charge is 0.311 e. The summed E-state index contributed by atoms with van der Waals surface area (Å²) in [5, 5.41) is 11.0. The fraction of sp³-hybridized carbons (Fsp3) is 0.941. The highest BCUT2D eigenvalue weighted by molar-refractivity contribution is 5.73. The minimum Gasteiger partial charge on any atom is -0.466 e. The summed E-state index contributed by atoms with van der Waals surface area (Å²) in [4.78, 5) is 12.1. The Balaban J connectivity index is 2.80. The normalized spacial score (nSPS) is 29.6. The molecule has 1 rings (SSSR count). The second-order valence-corrected chi connectivity index (χ2v) is 7.31. The van der Waals surface area contributed by atoms with Crippen LogP contribution in [0.2, 0.25) is 0 Å². The summed E-state index contributed by atoms with van der Waals surface area (Å²) in [7, 11) is 0. The van der Waals surface area contributed by atoms with Gasteiger partial charge in [-0.15, -0.1) is 0 Å². The average Bonchev–Trinajstić information content (AvgIpc) is 2.52. The largest absolute Gasteiger partial charge is 0.466 e. The van der Waals surface area contributed by atoms with Crippen LogP contribution in [-0.4, -0.2) is 23.3 Å². The van der Waals surface area contributed by atoms with E-state index in [-0.39, 0.29) is 17.3 Å². The zero-order valence-corrected chi connectivity index (χ0v) is 13.9. The molecule has 0 aromatic carbocycles. The Morgan fingerprint density at radius 1 is 1.30 bits per heavy atom. The number of hydrogen-bond donors (Lipinski definition) is 1. The van der Waals surface area contributed by atoms with Gasteiger partial charge < -0.3 is 9.84 Å². The van der Waals surface area contributed by atoms with Crippen LogP contribution in [0.3, 0.4) is 0 Å². The van der Waals surface area contributed by atoms with Gasteiger partial charge in [-0.3, -0.25) is 4.79 Å². The van der Waals surface area contributed by atoms with Crippen molar-refractivity contribution in [1.29, 1.82) is 0 Å². The first-order valence-electron chi connectivity index (χ1n) is 8.13. The highest BCUT2D eigenvalue weighted by atomic mass is 16.5. The molecule has 0 saturated heterocycles. The standard InChI is InChI=1S/C17H32O3/c1-6-14(15(18)20-7-2)17(19)11-8-9-13(10-12-17)16(3,4)5/h13-14,19H,6-12H2,1-5H3. The summed E-state index contributed by atoms with van der Waals surface area (Å²) >= 11 is 0. The molecule has 3 atom stereocenters. The van der Waals surface area contributed by atoms with E-state index in [1.165, 1.54) is 0 Å². The Morgan fingerprint density at radius 3 is 2.45 bits per heavy atom. The van der Waals surface area contributed by atoms with Crippen molar-refractivity contribution in [2.24, 2.45) is 17.3 Å². The number of carbonyl (C=O) groups excluding carboxylic acids is 1. The van der Waals surface area contributed by atoms with E-state index in [9.17, 15) is 9.90 Å². The van der Waals surface area contributed by atoms with Gasteiger partial charge in [0.2, 0.25) is 0 Å². The third-order valence-electron chi connectivity index (χ3n) is 4.94. The fourth-order valence-electron chi connectivity index (χ4n) is 3.57. The van der Waals surface area contributed by atoms with Crippen LogP contribution in [0, 0.1) is 17.3 Å². The maximum atomic E-state index is 12.1. The molecule has 0 heterocycles. The first-order valence-corrected chi connectivity index (χ1v) is 8.13. The predicted octanol–water partition coefficient (Wildman–Crippen LogP) is 3.93. The van der Waals surface area contributed by atoms with Crippen LogP contribution in [0.4, 0.5) is 0 Å². The van der Waals surface area contributed by atoms with Crippen LogP contribution in [0.5, 0.6) is 0 Å². The van der Waals surface area contributed by atoms with E-state index in [0.717, 1.165) is 25.7 Å². The molecule has 0 amide bonds. The molecule has 1 aliphatic carbocycles. The summed E-state index contributed by atoms with van der Waals surface area (Å²) < 4.78 is 5.15. The molecule has 3 heteroatoms. The van der Waals surface area contributed by atoms with Gasteiger partial charge in [-0.2, -0.15) is 0 Å². The number of carbonyl (C=O) groups is 1. The number of hydrogen-bond acceptors (Lipinski definition) is 3. The van der Waals surface area contributed by atoms with Crippen molar-refractivity contribution in [2.45, 2.75) is 78.7 Å². The maximum Gasteiger partial charge on any atom is 0.311 e. The highest BCUT2D eigenvalue weighted by Gasteiger charge is 2.43. The van der Waals surface area contributed by atoms with Gasteiger partial charge in [-0.25, -0.2) is 0 Å². The molecule has 118 valence electrons. The summed E-state index contributed by atoms with van der Waals surface area (Å²) in [5.74, 6) is 0.0177. The Labute approximate surface area is 124 Å². The Kier molecular flexibility index (Phi) is 6.06. The van der Waals surface area contributed by atoms with Gasteiger partial charge in [0, 0.05) is 0 Å². The van der Waals surface area contributed by atoms with Crippen molar-refractivity contribution in [2.75, 3.05) is 6.61 Å². The Bertz CT molecular complexity index is 319. The van der Waals surface area contributed by atoms with Crippen LogP contribution in [0.25, 0.3) is 0 Å². The summed E-state index contributed by atoms with van der Waals surface area (Å²) in [5.41, 5.74) is -0.599. The highest BCUT2D eigenvalue weighted by Crippen LogP contribution is 2.43. The van der Waals surface area contributed by atoms with Gasteiger partial charge in [0.1, 0.15) is 0 Å². The molecular weight excluding hydrogens is 252 g/mol. The van der Waals surface area contributed by atoms with Crippen molar-refractivity contribution in [1.82, 2.24) is 0 Å². The van der Waals surface area contributed by atoms with E-state index in [0.29, 0.717) is 25.4 Å².